The number of carbonyl (C=O) groups is 1. The van der Waals surface area contributed by atoms with E-state index >= 15 is 0 Å². The van der Waals surface area contributed by atoms with Crippen LogP contribution in [0.2, 0.25) is 0 Å². The Balaban J connectivity index is 1.67. The molecule has 1 aliphatic heterocycles. The summed E-state index contributed by atoms with van der Waals surface area (Å²) in [4.78, 5) is 12.3. The zero-order chi connectivity index (χ0) is 20.9. The molecule has 0 saturated carbocycles. The van der Waals surface area contributed by atoms with Crippen molar-refractivity contribution in [2.45, 2.75) is 26.2 Å². The predicted molar refractivity (Wildman–Crippen MR) is 113 cm³/mol. The molecule has 0 unspecified atom stereocenters. The van der Waals surface area contributed by atoms with Crippen molar-refractivity contribution in [3.8, 4) is 11.5 Å². The van der Waals surface area contributed by atoms with Crippen molar-refractivity contribution in [1.82, 2.24) is 0 Å². The van der Waals surface area contributed by atoms with Gasteiger partial charge in [0.1, 0.15) is 11.5 Å². The number of anilines is 2. The Morgan fingerprint density at radius 1 is 1.14 bits per heavy atom. The first-order valence-electron chi connectivity index (χ1n) is 9.63. The van der Waals surface area contributed by atoms with Crippen LogP contribution in [-0.2, 0) is 21.2 Å². The monoisotopic (exact) mass is 418 g/mol. The molecule has 156 valence electrons. The van der Waals surface area contributed by atoms with E-state index in [9.17, 15) is 13.2 Å². The Hall–Kier alpha value is -2.74. The van der Waals surface area contributed by atoms with Crippen LogP contribution >= 0.6 is 0 Å². The SMILES string of the molecule is CCCS(=O)(=O)N1CCCc2ccc(NC(=O)COc3ccc(OC)cc3)cc21. The Morgan fingerprint density at radius 2 is 1.86 bits per heavy atom. The fraction of sp³-hybridized carbons (Fsp3) is 0.381. The Bertz CT molecular complexity index is 958. The molecule has 1 amide bonds. The molecule has 0 aliphatic carbocycles. The molecular weight excluding hydrogens is 392 g/mol. The molecule has 1 heterocycles. The summed E-state index contributed by atoms with van der Waals surface area (Å²) in [6.45, 7) is 2.16. The first-order chi connectivity index (χ1) is 13.9. The highest BCUT2D eigenvalue weighted by Crippen LogP contribution is 2.32. The number of hydrogen-bond donors (Lipinski definition) is 1. The molecule has 8 heteroatoms. The summed E-state index contributed by atoms with van der Waals surface area (Å²) in [5.41, 5.74) is 2.17. The third-order valence-corrected chi connectivity index (χ3v) is 6.65. The molecule has 2 aromatic rings. The zero-order valence-electron chi connectivity index (χ0n) is 16.7. The van der Waals surface area contributed by atoms with Gasteiger partial charge in [0.25, 0.3) is 5.91 Å². The lowest BCUT2D eigenvalue weighted by atomic mass is 10.0. The molecule has 1 N–H and O–H groups in total. The van der Waals surface area contributed by atoms with E-state index in [-0.39, 0.29) is 18.3 Å². The van der Waals surface area contributed by atoms with Crippen molar-refractivity contribution in [2.24, 2.45) is 0 Å². The maximum absolute atomic E-state index is 12.6. The first-order valence-corrected chi connectivity index (χ1v) is 11.2. The lowest BCUT2D eigenvalue weighted by molar-refractivity contribution is -0.118. The number of aryl methyl sites for hydroxylation is 1. The van der Waals surface area contributed by atoms with Crippen LogP contribution < -0.4 is 19.1 Å². The van der Waals surface area contributed by atoms with Crippen LogP contribution in [0.5, 0.6) is 11.5 Å². The van der Waals surface area contributed by atoms with Gasteiger partial charge in [-0.1, -0.05) is 13.0 Å². The molecule has 29 heavy (non-hydrogen) atoms. The largest absolute Gasteiger partial charge is 0.497 e. The number of sulfonamides is 1. The van der Waals surface area contributed by atoms with Gasteiger partial charge in [0, 0.05) is 12.2 Å². The summed E-state index contributed by atoms with van der Waals surface area (Å²) in [5, 5.41) is 2.78. The number of amides is 1. The minimum Gasteiger partial charge on any atom is -0.497 e. The van der Waals surface area contributed by atoms with Crippen LogP contribution in [0.1, 0.15) is 25.3 Å². The molecule has 0 atom stereocenters. The van der Waals surface area contributed by atoms with E-state index in [1.165, 1.54) is 4.31 Å². The van der Waals surface area contributed by atoms with Gasteiger partial charge in [-0.3, -0.25) is 9.10 Å². The van der Waals surface area contributed by atoms with Crippen molar-refractivity contribution in [3.05, 3.63) is 48.0 Å². The van der Waals surface area contributed by atoms with E-state index in [0.717, 1.165) is 18.4 Å². The fourth-order valence-electron chi connectivity index (χ4n) is 3.29. The van der Waals surface area contributed by atoms with E-state index < -0.39 is 10.0 Å². The second-order valence-corrected chi connectivity index (χ2v) is 8.86. The van der Waals surface area contributed by atoms with E-state index in [1.807, 2.05) is 13.0 Å². The third-order valence-electron chi connectivity index (χ3n) is 4.67. The van der Waals surface area contributed by atoms with Crippen molar-refractivity contribution in [2.75, 3.05) is 35.6 Å². The van der Waals surface area contributed by atoms with Gasteiger partial charge in [-0.15, -0.1) is 0 Å². The number of ether oxygens (including phenoxy) is 2. The smallest absolute Gasteiger partial charge is 0.262 e. The normalized spacial score (nSPS) is 13.5. The molecular formula is C21H26N2O5S. The number of fused-ring (bicyclic) bond motifs is 1. The number of methoxy groups -OCH3 is 1. The highest BCUT2D eigenvalue weighted by molar-refractivity contribution is 7.92. The van der Waals surface area contributed by atoms with E-state index in [2.05, 4.69) is 5.32 Å². The maximum Gasteiger partial charge on any atom is 0.262 e. The predicted octanol–water partition coefficient (Wildman–Crippen LogP) is 3.21. The lowest BCUT2D eigenvalue weighted by Gasteiger charge is -2.31. The summed E-state index contributed by atoms with van der Waals surface area (Å²) >= 11 is 0. The Labute approximate surface area is 171 Å². The number of hydrogen-bond acceptors (Lipinski definition) is 5. The van der Waals surface area contributed by atoms with Crippen LogP contribution in [0.25, 0.3) is 0 Å². The Morgan fingerprint density at radius 3 is 2.55 bits per heavy atom. The molecule has 0 aromatic heterocycles. The third kappa shape index (κ3) is 5.20. The minimum absolute atomic E-state index is 0.110. The van der Waals surface area contributed by atoms with Crippen LogP contribution in [0.4, 0.5) is 11.4 Å². The topological polar surface area (TPSA) is 84.9 Å². The van der Waals surface area contributed by atoms with Crippen molar-refractivity contribution >= 4 is 27.3 Å². The minimum atomic E-state index is -3.36. The van der Waals surface area contributed by atoms with Crippen LogP contribution in [0, 0.1) is 0 Å². The van der Waals surface area contributed by atoms with Gasteiger partial charge in [0.2, 0.25) is 10.0 Å². The van der Waals surface area contributed by atoms with Gasteiger partial charge in [-0.25, -0.2) is 8.42 Å². The average molecular weight is 419 g/mol. The quantitative estimate of drug-likeness (QED) is 0.712. The van der Waals surface area contributed by atoms with Gasteiger partial charge < -0.3 is 14.8 Å². The highest BCUT2D eigenvalue weighted by atomic mass is 32.2. The van der Waals surface area contributed by atoms with Crippen molar-refractivity contribution in [3.63, 3.8) is 0 Å². The molecule has 1 aliphatic rings. The summed E-state index contributed by atoms with van der Waals surface area (Å²) in [7, 11) is -1.78. The maximum atomic E-state index is 12.6. The summed E-state index contributed by atoms with van der Waals surface area (Å²) < 4.78 is 37.2. The second kappa shape index (κ2) is 9.17. The van der Waals surface area contributed by atoms with E-state index in [1.54, 1.807) is 43.5 Å². The summed E-state index contributed by atoms with van der Waals surface area (Å²) in [6, 6.07) is 12.4. The molecule has 0 spiro atoms. The highest BCUT2D eigenvalue weighted by Gasteiger charge is 2.27. The van der Waals surface area contributed by atoms with Gasteiger partial charge >= 0.3 is 0 Å². The zero-order valence-corrected chi connectivity index (χ0v) is 17.5. The van der Waals surface area contributed by atoms with Crippen molar-refractivity contribution < 1.29 is 22.7 Å². The van der Waals surface area contributed by atoms with Gasteiger partial charge in [-0.2, -0.15) is 0 Å². The standard InChI is InChI=1S/C21H26N2O5S/c1-3-13-29(25,26)23-12-4-5-16-6-7-17(14-20(16)23)22-21(24)15-28-19-10-8-18(27-2)9-11-19/h6-11,14H,3-5,12-13,15H2,1-2H3,(H,22,24). The number of nitrogens with zero attached hydrogens (tertiary/aromatic N) is 1. The molecule has 0 bridgehead atoms. The molecule has 7 nitrogen and oxygen atoms in total. The molecule has 0 radical (unpaired) electrons. The van der Waals surface area contributed by atoms with E-state index in [0.29, 0.717) is 35.8 Å². The second-order valence-electron chi connectivity index (χ2n) is 6.85. The number of nitrogens with one attached hydrogen (secondary N) is 1. The molecule has 0 fully saturated rings. The molecule has 3 rings (SSSR count). The number of carbonyl (C=O) groups excluding carboxylic acids is 1. The first kappa shape index (κ1) is 21.0. The van der Waals surface area contributed by atoms with Crippen LogP contribution in [-0.4, -0.2) is 40.3 Å². The summed E-state index contributed by atoms with van der Waals surface area (Å²) in [5.74, 6) is 1.06. The molecule has 2 aromatic carbocycles. The fourth-order valence-corrected chi connectivity index (χ4v) is 4.91. The molecule has 0 saturated heterocycles. The van der Waals surface area contributed by atoms with Gasteiger partial charge in [0.05, 0.1) is 18.6 Å². The van der Waals surface area contributed by atoms with Crippen LogP contribution in [0.3, 0.4) is 0 Å². The van der Waals surface area contributed by atoms with Gasteiger partial charge in [0.15, 0.2) is 6.61 Å². The summed E-state index contributed by atoms with van der Waals surface area (Å²) in [6.07, 6.45) is 2.17. The number of benzene rings is 2. The van der Waals surface area contributed by atoms with Crippen LogP contribution in [0.15, 0.2) is 42.5 Å². The number of rotatable bonds is 8. The van der Waals surface area contributed by atoms with E-state index in [4.69, 9.17) is 9.47 Å². The lowest BCUT2D eigenvalue weighted by Crippen LogP contribution is -2.37. The Kier molecular flexibility index (Phi) is 6.64. The van der Waals surface area contributed by atoms with Crippen molar-refractivity contribution in [1.29, 1.82) is 0 Å². The average Bonchev–Trinajstić information content (AvgIpc) is 2.72. The van der Waals surface area contributed by atoms with Gasteiger partial charge in [-0.05, 0) is 61.2 Å².